The third-order valence-corrected chi connectivity index (χ3v) is 3.83. The van der Waals surface area contributed by atoms with Gasteiger partial charge >= 0.3 is 0 Å². The van der Waals surface area contributed by atoms with E-state index in [4.69, 9.17) is 9.15 Å². The van der Waals surface area contributed by atoms with Crippen LogP contribution in [0.4, 0.5) is 0 Å². The Balaban J connectivity index is 1.96. The number of methoxy groups -OCH3 is 1. The lowest BCUT2D eigenvalue weighted by molar-refractivity contribution is 0.411. The van der Waals surface area contributed by atoms with E-state index in [2.05, 4.69) is 15.1 Å². The van der Waals surface area contributed by atoms with Gasteiger partial charge in [-0.25, -0.2) is 14.6 Å². The Morgan fingerprint density at radius 2 is 1.91 bits per heavy atom. The Morgan fingerprint density at radius 3 is 2.57 bits per heavy atom. The summed E-state index contributed by atoms with van der Waals surface area (Å²) in [6.45, 7) is 8.36. The van der Waals surface area contributed by atoms with Crippen molar-refractivity contribution in [3.05, 3.63) is 46.9 Å². The summed E-state index contributed by atoms with van der Waals surface area (Å²) >= 11 is 0. The lowest BCUT2D eigenvalue weighted by atomic mass is 10.0. The van der Waals surface area contributed by atoms with E-state index in [1.54, 1.807) is 18.1 Å². The van der Waals surface area contributed by atoms with Crippen LogP contribution in [0.1, 0.15) is 28.4 Å². The van der Waals surface area contributed by atoms with Crippen molar-refractivity contribution >= 4 is 0 Å². The summed E-state index contributed by atoms with van der Waals surface area (Å²) in [5.41, 5.74) is 3.96. The highest BCUT2D eigenvalue weighted by Gasteiger charge is 2.15. The minimum Gasteiger partial charge on any atom is -0.496 e. The number of ether oxygens (including phenoxy) is 1. The zero-order valence-electron chi connectivity index (χ0n) is 14.0. The van der Waals surface area contributed by atoms with Crippen LogP contribution in [0.15, 0.2) is 22.9 Å². The molecule has 2 heterocycles. The summed E-state index contributed by atoms with van der Waals surface area (Å²) in [6.07, 6.45) is 1.70. The second-order valence-electron chi connectivity index (χ2n) is 5.65. The van der Waals surface area contributed by atoms with Gasteiger partial charge in [-0.1, -0.05) is 0 Å². The lowest BCUT2D eigenvalue weighted by Crippen LogP contribution is -2.02. The zero-order chi connectivity index (χ0) is 16.6. The number of benzene rings is 1. The van der Waals surface area contributed by atoms with Crippen molar-refractivity contribution in [1.29, 1.82) is 0 Å². The van der Waals surface area contributed by atoms with Gasteiger partial charge in [-0.05, 0) is 51.0 Å². The molecule has 120 valence electrons. The van der Waals surface area contributed by atoms with Crippen LogP contribution in [0.3, 0.4) is 0 Å². The summed E-state index contributed by atoms with van der Waals surface area (Å²) in [7, 11) is 1.68. The molecule has 23 heavy (non-hydrogen) atoms. The summed E-state index contributed by atoms with van der Waals surface area (Å²) in [5.74, 6) is 3.03. The van der Waals surface area contributed by atoms with E-state index in [0.717, 1.165) is 39.7 Å². The molecule has 0 fully saturated rings. The molecule has 3 rings (SSSR count). The van der Waals surface area contributed by atoms with Crippen molar-refractivity contribution in [2.45, 2.75) is 34.2 Å². The molecule has 1 aromatic carbocycles. The van der Waals surface area contributed by atoms with Crippen LogP contribution in [0.5, 0.6) is 5.75 Å². The van der Waals surface area contributed by atoms with Crippen molar-refractivity contribution in [3.8, 4) is 17.2 Å². The summed E-state index contributed by atoms with van der Waals surface area (Å²) in [4.78, 5) is 8.78. The van der Waals surface area contributed by atoms with Crippen LogP contribution in [0.2, 0.25) is 0 Å². The minimum atomic E-state index is 0.546. The molecule has 0 aliphatic heterocycles. The maximum Gasteiger partial charge on any atom is 0.226 e. The molecule has 0 aliphatic rings. The van der Waals surface area contributed by atoms with E-state index in [0.29, 0.717) is 12.4 Å². The largest absolute Gasteiger partial charge is 0.496 e. The van der Waals surface area contributed by atoms with Gasteiger partial charge in [0, 0.05) is 5.56 Å². The van der Waals surface area contributed by atoms with Gasteiger partial charge in [0.25, 0.3) is 0 Å². The predicted octanol–water partition coefficient (Wildman–Crippen LogP) is 3.22. The van der Waals surface area contributed by atoms with E-state index < -0.39 is 0 Å². The quantitative estimate of drug-likeness (QED) is 0.740. The number of aromatic nitrogens is 4. The third-order valence-electron chi connectivity index (χ3n) is 3.83. The molecule has 0 aliphatic carbocycles. The van der Waals surface area contributed by atoms with Gasteiger partial charge in [0.2, 0.25) is 5.89 Å². The van der Waals surface area contributed by atoms with Crippen LogP contribution in [0.25, 0.3) is 11.5 Å². The molecule has 0 unspecified atom stereocenters. The molecule has 0 saturated carbocycles. The van der Waals surface area contributed by atoms with Crippen LogP contribution < -0.4 is 4.74 Å². The Morgan fingerprint density at radius 1 is 1.13 bits per heavy atom. The molecule has 0 bridgehead atoms. The highest BCUT2D eigenvalue weighted by atomic mass is 16.5. The first-order chi connectivity index (χ1) is 11.0. The molecule has 0 amide bonds. The number of oxazole rings is 1. The van der Waals surface area contributed by atoms with Crippen molar-refractivity contribution in [3.63, 3.8) is 0 Å². The van der Waals surface area contributed by atoms with Gasteiger partial charge < -0.3 is 9.15 Å². The van der Waals surface area contributed by atoms with Gasteiger partial charge in [-0.3, -0.25) is 0 Å². The SMILES string of the molecule is COc1cc(C)c(-c2nc(Cn3cnc(C)n3)c(C)o2)cc1C. The monoisotopic (exact) mass is 312 g/mol. The average molecular weight is 312 g/mol. The van der Waals surface area contributed by atoms with E-state index >= 15 is 0 Å². The fraction of sp³-hybridized carbons (Fsp3) is 0.353. The normalized spacial score (nSPS) is 11.0. The van der Waals surface area contributed by atoms with Crippen LogP contribution in [-0.2, 0) is 6.54 Å². The summed E-state index contributed by atoms with van der Waals surface area (Å²) in [6, 6.07) is 4.05. The molecule has 3 aromatic rings. The predicted molar refractivity (Wildman–Crippen MR) is 86.6 cm³/mol. The maximum absolute atomic E-state index is 5.88. The Labute approximate surface area is 135 Å². The van der Waals surface area contributed by atoms with Gasteiger partial charge in [0.05, 0.1) is 13.7 Å². The van der Waals surface area contributed by atoms with E-state index in [-0.39, 0.29) is 0 Å². The molecule has 0 spiro atoms. The molecule has 0 radical (unpaired) electrons. The Hall–Kier alpha value is -2.63. The lowest BCUT2D eigenvalue weighted by Gasteiger charge is -2.08. The van der Waals surface area contributed by atoms with Crippen LogP contribution >= 0.6 is 0 Å². The van der Waals surface area contributed by atoms with E-state index in [1.807, 2.05) is 39.8 Å². The first-order valence-electron chi connectivity index (χ1n) is 7.46. The smallest absolute Gasteiger partial charge is 0.226 e. The molecule has 6 heteroatoms. The second kappa shape index (κ2) is 5.87. The van der Waals surface area contributed by atoms with E-state index in [9.17, 15) is 0 Å². The van der Waals surface area contributed by atoms with Crippen LogP contribution in [-0.4, -0.2) is 26.9 Å². The van der Waals surface area contributed by atoms with Crippen LogP contribution in [0, 0.1) is 27.7 Å². The number of nitrogens with zero attached hydrogens (tertiary/aromatic N) is 4. The molecular formula is C17H20N4O2. The molecule has 2 aromatic heterocycles. The summed E-state index contributed by atoms with van der Waals surface area (Å²) in [5, 5.41) is 4.29. The number of hydrogen-bond acceptors (Lipinski definition) is 5. The van der Waals surface area contributed by atoms with Gasteiger partial charge in [-0.15, -0.1) is 0 Å². The number of rotatable bonds is 4. The second-order valence-corrected chi connectivity index (χ2v) is 5.65. The summed E-state index contributed by atoms with van der Waals surface area (Å²) < 4.78 is 13.0. The highest BCUT2D eigenvalue weighted by molar-refractivity contribution is 5.62. The number of hydrogen-bond donors (Lipinski definition) is 0. The molecule has 6 nitrogen and oxygen atoms in total. The Bertz CT molecular complexity index is 848. The highest BCUT2D eigenvalue weighted by Crippen LogP contribution is 2.30. The molecule has 0 N–H and O–H groups in total. The van der Waals surface area contributed by atoms with Crippen molar-refractivity contribution in [2.75, 3.05) is 7.11 Å². The molecule has 0 atom stereocenters. The van der Waals surface area contributed by atoms with Crippen molar-refractivity contribution in [2.24, 2.45) is 0 Å². The average Bonchev–Trinajstić information content (AvgIpc) is 3.08. The topological polar surface area (TPSA) is 66.0 Å². The molecular weight excluding hydrogens is 292 g/mol. The van der Waals surface area contributed by atoms with Gasteiger partial charge in [0.1, 0.15) is 29.4 Å². The Kier molecular flexibility index (Phi) is 3.90. The fourth-order valence-electron chi connectivity index (χ4n) is 2.55. The minimum absolute atomic E-state index is 0.546. The first-order valence-corrected chi connectivity index (χ1v) is 7.46. The van der Waals surface area contributed by atoms with Gasteiger partial charge in [-0.2, -0.15) is 5.10 Å². The van der Waals surface area contributed by atoms with Crippen molar-refractivity contribution in [1.82, 2.24) is 19.7 Å². The first kappa shape index (κ1) is 15.3. The number of aryl methyl sites for hydroxylation is 4. The standard InChI is InChI=1S/C17H20N4O2/c1-10-7-16(22-5)11(2)6-14(10)17-19-15(12(3)23-17)8-21-9-18-13(4)20-21/h6-7,9H,8H2,1-5H3. The molecule has 0 saturated heterocycles. The van der Waals surface area contributed by atoms with Gasteiger partial charge in [0.15, 0.2) is 0 Å². The fourth-order valence-corrected chi connectivity index (χ4v) is 2.55. The van der Waals surface area contributed by atoms with E-state index in [1.165, 1.54) is 0 Å². The maximum atomic E-state index is 5.88. The van der Waals surface area contributed by atoms with Crippen molar-refractivity contribution < 1.29 is 9.15 Å². The zero-order valence-corrected chi connectivity index (χ0v) is 14.0. The third kappa shape index (κ3) is 2.97.